The Hall–Kier alpha value is -2.80. The summed E-state index contributed by atoms with van der Waals surface area (Å²) >= 11 is 0. The van der Waals surface area contributed by atoms with Crippen LogP contribution in [0.4, 0.5) is 11.4 Å². The summed E-state index contributed by atoms with van der Waals surface area (Å²) in [5.74, 6) is 0. The maximum absolute atomic E-state index is 10.8. The van der Waals surface area contributed by atoms with Gasteiger partial charge in [0.15, 0.2) is 0 Å². The molecular weight excluding hydrogens is 318 g/mol. The van der Waals surface area contributed by atoms with Crippen molar-refractivity contribution in [2.75, 3.05) is 25.1 Å². The second-order valence-electron chi connectivity index (χ2n) is 7.09. The summed E-state index contributed by atoms with van der Waals surface area (Å²) in [5, 5.41) is 21.5. The maximum Gasteiger partial charge on any atom is 0.269 e. The first-order chi connectivity index (χ1) is 12.0. The topological polar surface area (TPSA) is 71.1 Å². The second kappa shape index (κ2) is 5.93. The quantitative estimate of drug-likeness (QED) is 0.488. The highest BCUT2D eigenvalue weighted by atomic mass is 16.6. The van der Waals surface area contributed by atoms with Gasteiger partial charge in [-0.05, 0) is 12.1 Å². The van der Waals surface area contributed by atoms with Crippen LogP contribution in [0, 0.1) is 10.1 Å². The van der Waals surface area contributed by atoms with E-state index in [4.69, 9.17) is 0 Å². The first-order valence-corrected chi connectivity index (χ1v) is 8.36. The Morgan fingerprint density at radius 2 is 1.88 bits per heavy atom. The minimum atomic E-state index is -0.387. The molecule has 2 aromatic carbocycles. The van der Waals surface area contributed by atoms with E-state index in [2.05, 4.69) is 41.7 Å². The number of quaternary nitrogens is 1. The maximum atomic E-state index is 10.8. The smallest absolute Gasteiger partial charge is 0.269 e. The van der Waals surface area contributed by atoms with Crippen molar-refractivity contribution in [2.45, 2.75) is 18.6 Å². The number of hydrogen-bond donors (Lipinski definition) is 0. The van der Waals surface area contributed by atoms with E-state index >= 15 is 0 Å². The van der Waals surface area contributed by atoms with Crippen LogP contribution in [0.3, 0.4) is 0 Å². The van der Waals surface area contributed by atoms with E-state index in [0.717, 1.165) is 29.8 Å². The molecular formula is C18H20N5O2+. The number of hydrogen-bond acceptors (Lipinski definition) is 5. The molecule has 0 bridgehead atoms. The van der Waals surface area contributed by atoms with Crippen molar-refractivity contribution < 1.29 is 9.41 Å². The molecule has 0 radical (unpaired) electrons. The zero-order valence-electron chi connectivity index (χ0n) is 14.0. The van der Waals surface area contributed by atoms with Crippen LogP contribution in [-0.2, 0) is 6.54 Å². The zero-order chi connectivity index (χ0) is 17.4. The summed E-state index contributed by atoms with van der Waals surface area (Å²) in [5.41, 5.74) is 2.27. The lowest BCUT2D eigenvalue weighted by molar-refractivity contribution is -0.911. The van der Waals surface area contributed by atoms with Crippen molar-refractivity contribution in [2.24, 2.45) is 10.3 Å². The van der Waals surface area contributed by atoms with Crippen molar-refractivity contribution in [3.63, 3.8) is 0 Å². The predicted molar refractivity (Wildman–Crippen MR) is 94.1 cm³/mol. The highest BCUT2D eigenvalue weighted by molar-refractivity contribution is 5.51. The Kier molecular flexibility index (Phi) is 3.73. The van der Waals surface area contributed by atoms with Gasteiger partial charge in [-0.3, -0.25) is 10.1 Å². The van der Waals surface area contributed by atoms with Crippen molar-refractivity contribution in [1.82, 2.24) is 0 Å². The van der Waals surface area contributed by atoms with Gasteiger partial charge in [0.25, 0.3) is 5.69 Å². The molecule has 0 aromatic heterocycles. The van der Waals surface area contributed by atoms with Gasteiger partial charge < -0.3 is 4.48 Å². The number of nitro benzene ring substituents is 1. The van der Waals surface area contributed by atoms with E-state index in [1.54, 1.807) is 12.1 Å². The molecule has 4 rings (SSSR count). The van der Waals surface area contributed by atoms with Crippen molar-refractivity contribution in [1.29, 1.82) is 0 Å². The van der Waals surface area contributed by atoms with Crippen molar-refractivity contribution in [3.8, 4) is 0 Å². The van der Waals surface area contributed by atoms with Crippen molar-refractivity contribution >= 4 is 11.4 Å². The van der Waals surface area contributed by atoms with E-state index in [0.29, 0.717) is 0 Å². The van der Waals surface area contributed by atoms with Gasteiger partial charge in [-0.15, -0.1) is 0 Å². The van der Waals surface area contributed by atoms with E-state index in [1.165, 1.54) is 17.7 Å². The number of nitrogens with zero attached hydrogens (tertiary/aromatic N) is 5. The average molecular weight is 338 g/mol. The van der Waals surface area contributed by atoms with Crippen LogP contribution < -0.4 is 5.01 Å². The molecule has 0 saturated carbocycles. The predicted octanol–water partition coefficient (Wildman–Crippen LogP) is 3.18. The Bertz CT molecular complexity index is 808. The summed E-state index contributed by atoms with van der Waals surface area (Å²) in [7, 11) is 2.26. The van der Waals surface area contributed by atoms with Crippen LogP contribution in [0.25, 0.3) is 0 Å². The molecule has 2 aromatic rings. The fraction of sp³-hybridized carbons (Fsp3) is 0.333. The fourth-order valence-electron chi connectivity index (χ4n) is 3.89. The molecule has 3 atom stereocenters. The number of likely N-dealkylation sites (N-methyl/N-ethyl adjacent to an activating group) is 1. The van der Waals surface area contributed by atoms with Crippen LogP contribution in [0.5, 0.6) is 0 Å². The minimum absolute atomic E-state index is 0.0903. The molecule has 2 heterocycles. The third-order valence-corrected chi connectivity index (χ3v) is 5.04. The normalized spacial score (nSPS) is 27.5. The lowest BCUT2D eigenvalue weighted by atomic mass is 10.1. The van der Waals surface area contributed by atoms with Gasteiger partial charge in [0.2, 0.25) is 0 Å². The number of likely N-dealkylation sites (tertiary alicyclic amines) is 1. The van der Waals surface area contributed by atoms with Gasteiger partial charge in [0, 0.05) is 17.7 Å². The van der Waals surface area contributed by atoms with Gasteiger partial charge >= 0.3 is 0 Å². The van der Waals surface area contributed by atoms with Gasteiger partial charge in [-0.25, -0.2) is 5.01 Å². The van der Waals surface area contributed by atoms with Gasteiger partial charge in [0.05, 0.1) is 17.7 Å². The summed E-state index contributed by atoms with van der Waals surface area (Å²) in [4.78, 5) is 10.4. The highest BCUT2D eigenvalue weighted by Gasteiger charge is 2.49. The monoisotopic (exact) mass is 338 g/mol. The van der Waals surface area contributed by atoms with E-state index < -0.39 is 0 Å². The standard InChI is InChI=1S/C18H20N5O2/c1-23(11-14-5-3-2-4-6-14)12-17-18(13-23)21(20-19-17)15-7-9-16(10-8-15)22(24)25/h2-10,17-18H,11-13H2,1H3/q+1/t17?,18-,23?/m1/s1. The SMILES string of the molecule is C[N+]1(Cc2ccccc2)CC2N=NN(c3ccc([N+](=O)[O-])cc3)[C@@H]2C1. The summed E-state index contributed by atoms with van der Waals surface area (Å²) in [6, 6.07) is 17.4. The Morgan fingerprint density at radius 1 is 1.16 bits per heavy atom. The summed E-state index contributed by atoms with van der Waals surface area (Å²) < 4.78 is 0.919. The summed E-state index contributed by atoms with van der Waals surface area (Å²) in [6.07, 6.45) is 0. The lowest BCUT2D eigenvalue weighted by Crippen LogP contribution is -2.43. The molecule has 2 aliphatic rings. The molecule has 7 nitrogen and oxygen atoms in total. The molecule has 1 saturated heterocycles. The fourth-order valence-corrected chi connectivity index (χ4v) is 3.89. The lowest BCUT2D eigenvalue weighted by Gasteiger charge is -2.31. The van der Waals surface area contributed by atoms with Crippen LogP contribution in [0.15, 0.2) is 64.9 Å². The van der Waals surface area contributed by atoms with Gasteiger partial charge in [-0.2, -0.15) is 5.11 Å². The van der Waals surface area contributed by atoms with Crippen LogP contribution in [-0.4, -0.2) is 41.6 Å². The molecule has 2 aliphatic heterocycles. The molecule has 25 heavy (non-hydrogen) atoms. The number of non-ortho nitro benzene ring substituents is 1. The largest absolute Gasteiger partial charge is 0.319 e. The number of anilines is 1. The number of rotatable bonds is 4. The van der Waals surface area contributed by atoms with Crippen LogP contribution in [0.1, 0.15) is 5.56 Å². The molecule has 1 fully saturated rings. The third kappa shape index (κ3) is 2.98. The molecule has 0 spiro atoms. The van der Waals surface area contributed by atoms with Crippen LogP contribution in [0.2, 0.25) is 0 Å². The van der Waals surface area contributed by atoms with E-state index in [-0.39, 0.29) is 22.7 Å². The first kappa shape index (κ1) is 15.7. The van der Waals surface area contributed by atoms with Crippen molar-refractivity contribution in [3.05, 3.63) is 70.3 Å². The molecule has 2 unspecified atom stereocenters. The molecule has 0 N–H and O–H groups in total. The Morgan fingerprint density at radius 3 is 2.56 bits per heavy atom. The third-order valence-electron chi connectivity index (χ3n) is 5.04. The highest BCUT2D eigenvalue weighted by Crippen LogP contribution is 2.35. The Labute approximate surface area is 145 Å². The first-order valence-electron chi connectivity index (χ1n) is 8.36. The van der Waals surface area contributed by atoms with E-state index in [1.807, 2.05) is 11.1 Å². The number of fused-ring (bicyclic) bond motifs is 1. The Balaban J connectivity index is 1.51. The van der Waals surface area contributed by atoms with Gasteiger partial charge in [-0.1, -0.05) is 35.6 Å². The molecule has 7 heteroatoms. The second-order valence-corrected chi connectivity index (χ2v) is 7.09. The zero-order valence-corrected chi connectivity index (χ0v) is 14.0. The molecule has 128 valence electrons. The molecule has 0 aliphatic carbocycles. The van der Waals surface area contributed by atoms with Gasteiger partial charge in [0.1, 0.15) is 31.7 Å². The van der Waals surface area contributed by atoms with E-state index in [9.17, 15) is 10.1 Å². The minimum Gasteiger partial charge on any atom is -0.319 e. The molecule has 0 amide bonds. The summed E-state index contributed by atoms with van der Waals surface area (Å²) in [6.45, 7) is 2.87. The number of benzene rings is 2. The van der Waals surface area contributed by atoms with Crippen LogP contribution >= 0.6 is 0 Å². The average Bonchev–Trinajstić information content (AvgIpc) is 3.12. The number of nitro groups is 1.